The Morgan fingerprint density at radius 2 is 2.31 bits per heavy atom. The molecule has 0 spiro atoms. The van der Waals surface area contributed by atoms with Crippen molar-refractivity contribution in [2.75, 3.05) is 33.7 Å². The fourth-order valence-corrected chi connectivity index (χ4v) is 2.10. The molecule has 1 rings (SSSR count). The molecule has 16 heavy (non-hydrogen) atoms. The summed E-state index contributed by atoms with van der Waals surface area (Å²) < 4.78 is 0. The van der Waals surface area contributed by atoms with E-state index in [9.17, 15) is 4.79 Å². The molecule has 5 nitrogen and oxygen atoms in total. The van der Waals surface area contributed by atoms with E-state index in [1.807, 2.05) is 0 Å². The molecule has 2 unspecified atom stereocenters. The lowest BCUT2D eigenvalue weighted by molar-refractivity contribution is -0.138. The van der Waals surface area contributed by atoms with Crippen LogP contribution in [0.1, 0.15) is 19.3 Å². The molecule has 0 aliphatic carbocycles. The Balaban J connectivity index is 2.29. The number of aliphatic carboxylic acids is 1. The van der Waals surface area contributed by atoms with Crippen LogP contribution in [0.25, 0.3) is 0 Å². The third kappa shape index (κ3) is 4.08. The highest BCUT2D eigenvalue weighted by Gasteiger charge is 2.22. The highest BCUT2D eigenvalue weighted by molar-refractivity contribution is 5.72. The lowest BCUT2D eigenvalue weighted by Gasteiger charge is -2.36. The predicted molar refractivity (Wildman–Crippen MR) is 63.4 cm³/mol. The number of carboxylic acids is 1. The van der Waals surface area contributed by atoms with Crippen LogP contribution in [0, 0.1) is 0 Å². The topological polar surface area (TPSA) is 69.8 Å². The van der Waals surface area contributed by atoms with Crippen molar-refractivity contribution >= 4 is 5.97 Å². The predicted octanol–water partition coefficient (Wildman–Crippen LogP) is -0.186. The van der Waals surface area contributed by atoms with Crippen LogP contribution in [0.4, 0.5) is 0 Å². The second kappa shape index (κ2) is 6.18. The molecule has 1 fully saturated rings. The molecule has 2 atom stereocenters. The van der Waals surface area contributed by atoms with Crippen molar-refractivity contribution in [3.8, 4) is 0 Å². The molecule has 1 aliphatic heterocycles. The van der Waals surface area contributed by atoms with Crippen molar-refractivity contribution < 1.29 is 9.90 Å². The lowest BCUT2D eigenvalue weighted by Crippen LogP contribution is -2.46. The molecular formula is C11H23N3O2. The van der Waals surface area contributed by atoms with E-state index in [1.54, 1.807) is 0 Å². The quantitative estimate of drug-likeness (QED) is 0.684. The minimum Gasteiger partial charge on any atom is -0.480 e. The van der Waals surface area contributed by atoms with E-state index in [0.717, 1.165) is 19.6 Å². The number of piperidine rings is 1. The van der Waals surface area contributed by atoms with Gasteiger partial charge in [0.05, 0.1) is 0 Å². The van der Waals surface area contributed by atoms with Crippen molar-refractivity contribution in [1.29, 1.82) is 0 Å². The van der Waals surface area contributed by atoms with Gasteiger partial charge in [-0.3, -0.25) is 4.79 Å². The Labute approximate surface area is 97.2 Å². The van der Waals surface area contributed by atoms with E-state index in [0.29, 0.717) is 12.5 Å². The molecule has 0 aromatic rings. The fraction of sp³-hybridized carbons (Fsp3) is 0.909. The molecule has 0 radical (unpaired) electrons. The maximum atomic E-state index is 10.6. The van der Waals surface area contributed by atoms with Gasteiger partial charge >= 0.3 is 5.97 Å². The van der Waals surface area contributed by atoms with E-state index in [1.165, 1.54) is 12.8 Å². The molecule has 1 aliphatic rings. The molecular weight excluding hydrogens is 206 g/mol. The number of hydrogen-bond donors (Lipinski definition) is 2. The summed E-state index contributed by atoms with van der Waals surface area (Å²) in [4.78, 5) is 15.1. The molecule has 0 amide bonds. The van der Waals surface area contributed by atoms with Gasteiger partial charge in [-0.25, -0.2) is 0 Å². The minimum absolute atomic E-state index is 0.537. The first kappa shape index (κ1) is 13.4. The summed E-state index contributed by atoms with van der Waals surface area (Å²) in [5.74, 6) is -0.902. The summed E-state index contributed by atoms with van der Waals surface area (Å²) in [5, 5.41) is 8.70. The average molecular weight is 229 g/mol. The normalized spacial score (nSPS) is 24.6. The van der Waals surface area contributed by atoms with E-state index in [-0.39, 0.29) is 0 Å². The maximum absolute atomic E-state index is 10.6. The van der Waals surface area contributed by atoms with Gasteiger partial charge in [0.2, 0.25) is 0 Å². The Kier molecular flexibility index (Phi) is 5.18. The zero-order valence-electron chi connectivity index (χ0n) is 10.2. The van der Waals surface area contributed by atoms with Gasteiger partial charge in [0.15, 0.2) is 0 Å². The Bertz CT molecular complexity index is 233. The molecule has 0 saturated carbocycles. The van der Waals surface area contributed by atoms with Crippen molar-refractivity contribution in [3.05, 3.63) is 0 Å². The summed E-state index contributed by atoms with van der Waals surface area (Å²) in [6.45, 7) is 2.88. The van der Waals surface area contributed by atoms with Gasteiger partial charge < -0.3 is 20.6 Å². The Hall–Kier alpha value is -0.650. The summed E-state index contributed by atoms with van der Waals surface area (Å²) in [5.41, 5.74) is 5.49. The Morgan fingerprint density at radius 1 is 1.62 bits per heavy atom. The average Bonchev–Trinajstić information content (AvgIpc) is 2.26. The zero-order valence-corrected chi connectivity index (χ0v) is 10.2. The smallest absolute Gasteiger partial charge is 0.320 e. The van der Waals surface area contributed by atoms with Crippen LogP contribution in [0.15, 0.2) is 0 Å². The van der Waals surface area contributed by atoms with Gasteiger partial charge in [-0.1, -0.05) is 0 Å². The second-order valence-electron chi connectivity index (χ2n) is 4.79. The fourth-order valence-electron chi connectivity index (χ4n) is 2.10. The van der Waals surface area contributed by atoms with Gasteiger partial charge in [-0.15, -0.1) is 0 Å². The molecule has 5 heteroatoms. The molecule has 0 bridgehead atoms. The SMILES string of the molecule is CN(C)C1CCCN(CCC(N)C(=O)O)C1. The lowest BCUT2D eigenvalue weighted by atomic mass is 10.0. The first-order chi connectivity index (χ1) is 7.50. The van der Waals surface area contributed by atoms with E-state index < -0.39 is 12.0 Å². The Morgan fingerprint density at radius 3 is 2.88 bits per heavy atom. The number of likely N-dealkylation sites (N-methyl/N-ethyl adjacent to an activating group) is 1. The minimum atomic E-state index is -0.902. The van der Waals surface area contributed by atoms with Gasteiger partial charge in [-0.2, -0.15) is 0 Å². The maximum Gasteiger partial charge on any atom is 0.320 e. The van der Waals surface area contributed by atoms with E-state index >= 15 is 0 Å². The molecule has 1 saturated heterocycles. The van der Waals surface area contributed by atoms with Gasteiger partial charge in [0.1, 0.15) is 6.04 Å². The van der Waals surface area contributed by atoms with Crippen molar-refractivity contribution in [1.82, 2.24) is 9.80 Å². The van der Waals surface area contributed by atoms with E-state index in [4.69, 9.17) is 10.8 Å². The number of carboxylic acid groups (broad SMARTS) is 1. The van der Waals surface area contributed by atoms with Gasteiger partial charge in [0.25, 0.3) is 0 Å². The molecule has 1 heterocycles. The third-order valence-electron chi connectivity index (χ3n) is 3.28. The van der Waals surface area contributed by atoms with Crippen LogP contribution < -0.4 is 5.73 Å². The van der Waals surface area contributed by atoms with Crippen LogP contribution in [-0.2, 0) is 4.79 Å². The summed E-state index contributed by atoms with van der Waals surface area (Å²) >= 11 is 0. The monoisotopic (exact) mass is 229 g/mol. The summed E-state index contributed by atoms with van der Waals surface area (Å²) in [6.07, 6.45) is 2.95. The second-order valence-corrected chi connectivity index (χ2v) is 4.79. The number of nitrogens with two attached hydrogens (primary N) is 1. The number of carbonyl (C=O) groups is 1. The number of nitrogens with zero attached hydrogens (tertiary/aromatic N) is 2. The molecule has 94 valence electrons. The number of likely N-dealkylation sites (tertiary alicyclic amines) is 1. The molecule has 0 aromatic heterocycles. The van der Waals surface area contributed by atoms with Crippen molar-refractivity contribution in [2.24, 2.45) is 5.73 Å². The number of rotatable bonds is 5. The van der Waals surface area contributed by atoms with Gasteiger partial charge in [-0.05, 0) is 39.9 Å². The van der Waals surface area contributed by atoms with Gasteiger partial charge in [0, 0.05) is 19.1 Å². The molecule has 3 N–H and O–H groups in total. The highest BCUT2D eigenvalue weighted by atomic mass is 16.4. The summed E-state index contributed by atoms with van der Waals surface area (Å²) in [6, 6.07) is -0.130. The first-order valence-corrected chi connectivity index (χ1v) is 5.88. The third-order valence-corrected chi connectivity index (χ3v) is 3.28. The highest BCUT2D eigenvalue weighted by Crippen LogP contribution is 2.13. The van der Waals surface area contributed by atoms with Crippen molar-refractivity contribution in [2.45, 2.75) is 31.3 Å². The van der Waals surface area contributed by atoms with Crippen molar-refractivity contribution in [3.63, 3.8) is 0 Å². The van der Waals surface area contributed by atoms with Crippen LogP contribution >= 0.6 is 0 Å². The zero-order chi connectivity index (χ0) is 12.1. The first-order valence-electron chi connectivity index (χ1n) is 5.88. The van der Waals surface area contributed by atoms with Crippen LogP contribution in [0.2, 0.25) is 0 Å². The largest absolute Gasteiger partial charge is 0.480 e. The van der Waals surface area contributed by atoms with Crippen LogP contribution in [0.5, 0.6) is 0 Å². The summed E-state index contributed by atoms with van der Waals surface area (Å²) in [7, 11) is 4.19. The standard InChI is InChI=1S/C11H23N3O2/c1-13(2)9-4-3-6-14(8-9)7-5-10(12)11(15)16/h9-10H,3-8,12H2,1-2H3,(H,15,16). The van der Waals surface area contributed by atoms with Crippen LogP contribution in [0.3, 0.4) is 0 Å². The molecule has 0 aromatic carbocycles. The number of hydrogen-bond acceptors (Lipinski definition) is 4. The van der Waals surface area contributed by atoms with Crippen LogP contribution in [-0.4, -0.2) is 66.7 Å². The van der Waals surface area contributed by atoms with E-state index in [2.05, 4.69) is 23.9 Å².